The molecule has 2 aromatic rings. The van der Waals surface area contributed by atoms with E-state index in [1.54, 1.807) is 36.4 Å². The van der Waals surface area contributed by atoms with Gasteiger partial charge in [-0.3, -0.25) is 33.6 Å². The van der Waals surface area contributed by atoms with Gasteiger partial charge < -0.3 is 63.5 Å². The normalized spacial score (nSPS) is 15.4. The molecule has 1 aliphatic rings. The molecule has 4 bridgehead atoms. The van der Waals surface area contributed by atoms with Gasteiger partial charge in [-0.2, -0.15) is 5.26 Å². The zero-order chi connectivity index (χ0) is 49.6. The van der Waals surface area contributed by atoms with Crippen molar-refractivity contribution in [2.24, 2.45) is 17.2 Å². The number of nitriles is 1. The molecule has 0 radical (unpaired) electrons. The lowest BCUT2D eigenvalue weighted by atomic mass is 9.93. The number of nitrogens with two attached hydrogens (primary N) is 3. The number of likely N-dealkylation sites (N-methyl/N-ethyl adjacent to an activating group) is 1. The Hall–Kier alpha value is -6.30. The summed E-state index contributed by atoms with van der Waals surface area (Å²) in [6.45, 7) is 6.28. The molecule has 20 nitrogen and oxygen atoms in total. The van der Waals surface area contributed by atoms with Crippen LogP contribution < -0.4 is 58.6 Å². The third kappa shape index (κ3) is 20.8. The van der Waals surface area contributed by atoms with Gasteiger partial charge in [0.2, 0.25) is 41.4 Å². The van der Waals surface area contributed by atoms with Gasteiger partial charge >= 0.3 is 0 Å². The second-order valence-electron chi connectivity index (χ2n) is 15.9. The van der Waals surface area contributed by atoms with E-state index in [9.17, 15) is 33.6 Å². The molecule has 3 rings (SSSR count). The standard InChI is InChI=1S/C45H66N10O9.C2H7N/c1-4-5-6-7-8-9-10-11-38(56)49-21-16-39(57)50-22-17-40(58)52-29-41(59)55(3)42-32-13-15-37(64-25-20-48)34(28-32)33-26-31(12-14-36(33)63-24-19-47)27-35(44(61)51-23-18-46)54-43(60)30(2)53-45(42)62;1-2-3/h12-15,26,28,30,35,42H,4-11,16-17,19-25,27,29,47-48H2,1-3H3,(H,49,56)(H,50,57)(H,51,61)(H,52,58)(H,53,62)(H,54,60);2-3H2,1H3/t30-,35?,42?;/m0./s1. The molecule has 2 unspecified atom stereocenters. The molecule has 3 atom stereocenters. The largest absolute Gasteiger partial charge is 0.492 e. The van der Waals surface area contributed by atoms with Gasteiger partial charge in [0.15, 0.2) is 0 Å². The van der Waals surface area contributed by atoms with Crippen molar-refractivity contribution in [3.8, 4) is 28.7 Å². The lowest BCUT2D eigenvalue weighted by molar-refractivity contribution is -0.140. The first kappa shape index (κ1) is 56.8. The Morgan fingerprint density at radius 1 is 0.746 bits per heavy atom. The van der Waals surface area contributed by atoms with Gasteiger partial charge in [-0.05, 0) is 55.3 Å². The van der Waals surface area contributed by atoms with E-state index in [0.29, 0.717) is 40.2 Å². The van der Waals surface area contributed by atoms with Crippen LogP contribution in [0.3, 0.4) is 0 Å². The van der Waals surface area contributed by atoms with Crippen molar-refractivity contribution in [2.75, 3.05) is 66.1 Å². The number of nitrogens with one attached hydrogen (secondary N) is 6. The van der Waals surface area contributed by atoms with Crippen molar-refractivity contribution in [1.82, 2.24) is 36.8 Å². The van der Waals surface area contributed by atoms with Gasteiger partial charge in [-0.25, -0.2) is 0 Å². The smallest absolute Gasteiger partial charge is 0.248 e. The topological polar surface area (TPSA) is 315 Å². The van der Waals surface area contributed by atoms with Crippen LogP contribution in [0.15, 0.2) is 36.4 Å². The summed E-state index contributed by atoms with van der Waals surface area (Å²) in [4.78, 5) is 93.1. The molecule has 12 N–H and O–H groups in total. The monoisotopic (exact) mass is 936 g/mol. The van der Waals surface area contributed by atoms with Crippen LogP contribution in [0.4, 0.5) is 0 Å². The summed E-state index contributed by atoms with van der Waals surface area (Å²) in [5, 5.41) is 24.8. The van der Waals surface area contributed by atoms with Crippen LogP contribution in [0.5, 0.6) is 11.5 Å². The summed E-state index contributed by atoms with van der Waals surface area (Å²) in [7, 11) is 1.38. The molecule has 7 amide bonds. The minimum Gasteiger partial charge on any atom is -0.492 e. The van der Waals surface area contributed by atoms with Gasteiger partial charge in [0.25, 0.3) is 0 Å². The molecule has 1 aliphatic heterocycles. The zero-order valence-corrected chi connectivity index (χ0v) is 39.6. The van der Waals surface area contributed by atoms with Crippen LogP contribution in [0.2, 0.25) is 0 Å². The van der Waals surface area contributed by atoms with Crippen molar-refractivity contribution < 1.29 is 43.0 Å². The summed E-state index contributed by atoms with van der Waals surface area (Å²) in [5.74, 6) is -2.95. The number of nitrogens with zero attached hydrogens (tertiary/aromatic N) is 2. The molecule has 2 aromatic carbocycles. The molecule has 0 saturated carbocycles. The Balaban J connectivity index is 0.00000499. The number of carbonyl (C=O) groups is 7. The average Bonchev–Trinajstić information content (AvgIpc) is 3.30. The fourth-order valence-corrected chi connectivity index (χ4v) is 6.91. The van der Waals surface area contributed by atoms with Crippen molar-refractivity contribution >= 4 is 41.4 Å². The van der Waals surface area contributed by atoms with Crippen LogP contribution in [-0.2, 0) is 40.0 Å². The number of hydrogen-bond donors (Lipinski definition) is 9. The van der Waals surface area contributed by atoms with Crippen LogP contribution in [0.1, 0.15) is 102 Å². The van der Waals surface area contributed by atoms with Crippen LogP contribution in [0.25, 0.3) is 11.1 Å². The minimum atomic E-state index is -1.36. The number of fused-ring (bicyclic) bond motifs is 5. The summed E-state index contributed by atoms with van der Waals surface area (Å²) in [6.07, 6.45) is 8.04. The summed E-state index contributed by atoms with van der Waals surface area (Å²) >= 11 is 0. The number of unbranched alkanes of at least 4 members (excludes halogenated alkanes) is 6. The van der Waals surface area contributed by atoms with Crippen LogP contribution in [0, 0.1) is 11.3 Å². The fourth-order valence-electron chi connectivity index (χ4n) is 6.91. The van der Waals surface area contributed by atoms with E-state index >= 15 is 0 Å². The number of benzene rings is 2. The van der Waals surface area contributed by atoms with Crippen molar-refractivity contribution in [3.05, 3.63) is 47.5 Å². The zero-order valence-electron chi connectivity index (χ0n) is 39.6. The van der Waals surface area contributed by atoms with E-state index in [2.05, 4.69) is 38.8 Å². The highest BCUT2D eigenvalue weighted by Gasteiger charge is 2.33. The third-order valence-corrected chi connectivity index (χ3v) is 10.4. The van der Waals surface area contributed by atoms with E-state index in [-0.39, 0.29) is 77.0 Å². The first-order chi connectivity index (χ1) is 32.2. The molecule has 0 fully saturated rings. The predicted molar refractivity (Wildman–Crippen MR) is 254 cm³/mol. The van der Waals surface area contributed by atoms with Gasteiger partial charge in [0.05, 0.1) is 12.6 Å². The summed E-state index contributed by atoms with van der Waals surface area (Å²) in [6, 6.07) is 8.20. The lowest BCUT2D eigenvalue weighted by Crippen LogP contribution is -2.55. The first-order valence-corrected chi connectivity index (χ1v) is 23.2. The van der Waals surface area contributed by atoms with Gasteiger partial charge in [-0.1, -0.05) is 64.5 Å². The lowest BCUT2D eigenvalue weighted by Gasteiger charge is -2.30. The highest BCUT2D eigenvalue weighted by atomic mass is 16.5. The van der Waals surface area contributed by atoms with Gasteiger partial charge in [0.1, 0.15) is 49.4 Å². The van der Waals surface area contributed by atoms with Gasteiger partial charge in [0, 0.05) is 70.0 Å². The maximum atomic E-state index is 14.2. The number of amides is 7. The van der Waals surface area contributed by atoms with E-state index in [0.717, 1.165) is 30.7 Å². The maximum Gasteiger partial charge on any atom is 0.248 e. The quantitative estimate of drug-likeness (QED) is 0.0496. The molecule has 0 spiro atoms. The molecule has 20 heteroatoms. The van der Waals surface area contributed by atoms with E-state index in [4.69, 9.17) is 31.9 Å². The minimum absolute atomic E-state index is 0.00353. The molecule has 1 heterocycles. The van der Waals surface area contributed by atoms with Crippen molar-refractivity contribution in [1.29, 1.82) is 5.26 Å². The predicted octanol–water partition coefficient (Wildman–Crippen LogP) is 0.948. The third-order valence-electron chi connectivity index (χ3n) is 10.4. The molecular formula is C47H73N11O9. The van der Waals surface area contributed by atoms with Crippen LogP contribution in [-0.4, -0.2) is 124 Å². The highest BCUT2D eigenvalue weighted by molar-refractivity contribution is 5.96. The second kappa shape index (κ2) is 32.4. The SMILES string of the molecule is CCCCCCCCCC(=O)NCCC(=O)NCCC(=O)NCC(=O)N(C)C1C(=O)N[C@@H](C)C(=O)NC(C(=O)NCC#N)Cc2ccc(OCCN)c(c2)-c2cc1ccc2OCCN.CCN. The molecule has 0 aromatic heterocycles. The maximum absolute atomic E-state index is 14.2. The van der Waals surface area contributed by atoms with Crippen molar-refractivity contribution in [3.63, 3.8) is 0 Å². The Labute approximate surface area is 394 Å². The molecule has 370 valence electrons. The van der Waals surface area contributed by atoms with Crippen LogP contribution >= 0.6 is 0 Å². The Morgan fingerprint density at radius 2 is 1.30 bits per heavy atom. The number of rotatable bonds is 25. The summed E-state index contributed by atoms with van der Waals surface area (Å²) < 4.78 is 12.1. The number of carbonyl (C=O) groups excluding carboxylic acids is 7. The second-order valence-corrected chi connectivity index (χ2v) is 15.9. The van der Waals surface area contributed by atoms with E-state index in [1.807, 2.05) is 13.0 Å². The molecule has 0 aliphatic carbocycles. The van der Waals surface area contributed by atoms with Crippen molar-refractivity contribution in [2.45, 2.75) is 110 Å². The highest BCUT2D eigenvalue weighted by Crippen LogP contribution is 2.40. The average molecular weight is 936 g/mol. The first-order valence-electron chi connectivity index (χ1n) is 23.2. The Kier molecular flexibility index (Phi) is 27.5. The molecule has 0 saturated heterocycles. The van der Waals surface area contributed by atoms with Gasteiger partial charge in [-0.15, -0.1) is 0 Å². The fraction of sp³-hybridized carbons (Fsp3) is 0.574. The van der Waals surface area contributed by atoms with E-state index in [1.165, 1.54) is 39.7 Å². The van der Waals surface area contributed by atoms with E-state index < -0.39 is 54.2 Å². The Bertz CT molecular complexity index is 1960. The number of ether oxygens (including phenoxy) is 2. The Morgan fingerprint density at radius 3 is 1.90 bits per heavy atom. The number of hydrogen-bond acceptors (Lipinski definition) is 13. The summed E-state index contributed by atoms with van der Waals surface area (Å²) in [5.41, 5.74) is 18.3. The molecular weight excluding hydrogens is 863 g/mol. The molecule has 67 heavy (non-hydrogen) atoms.